The number of aromatic nitrogens is 1. The summed E-state index contributed by atoms with van der Waals surface area (Å²) in [5.41, 5.74) is 1.19. The number of nitrogens with zero attached hydrogens (tertiary/aromatic N) is 1. The summed E-state index contributed by atoms with van der Waals surface area (Å²) in [4.78, 5) is 16.3. The molecule has 1 aromatic heterocycles. The number of halogens is 1. The molecular formula is C17H20ClNO2S. The lowest BCUT2D eigenvalue weighted by molar-refractivity contribution is 0.0988. The number of pyridine rings is 1. The molecule has 118 valence electrons. The first-order valence-electron chi connectivity index (χ1n) is 7.50. The van der Waals surface area contributed by atoms with E-state index >= 15 is 0 Å². The predicted octanol–water partition coefficient (Wildman–Crippen LogP) is 5.00. The van der Waals surface area contributed by atoms with Crippen molar-refractivity contribution in [2.24, 2.45) is 0 Å². The van der Waals surface area contributed by atoms with Gasteiger partial charge < -0.3 is 4.74 Å². The van der Waals surface area contributed by atoms with Crippen LogP contribution < -0.4 is 4.74 Å². The zero-order valence-electron chi connectivity index (χ0n) is 12.9. The Hall–Kier alpha value is -1.26. The number of carbonyl (C=O) groups is 1. The highest BCUT2D eigenvalue weighted by molar-refractivity contribution is 7.99. The minimum atomic E-state index is 0.00156. The van der Waals surface area contributed by atoms with E-state index in [2.05, 4.69) is 11.9 Å². The number of para-hydroxylation sites is 1. The van der Waals surface area contributed by atoms with E-state index in [1.165, 1.54) is 6.42 Å². The first-order valence-corrected chi connectivity index (χ1v) is 9.03. The summed E-state index contributed by atoms with van der Waals surface area (Å²) in [5, 5.41) is 1.22. The molecule has 0 saturated heterocycles. The maximum absolute atomic E-state index is 11.9. The summed E-state index contributed by atoms with van der Waals surface area (Å²) < 4.78 is 5.82. The van der Waals surface area contributed by atoms with Crippen LogP contribution in [-0.2, 0) is 0 Å². The van der Waals surface area contributed by atoms with Gasteiger partial charge in [-0.2, -0.15) is 11.8 Å². The summed E-state index contributed by atoms with van der Waals surface area (Å²) in [7, 11) is 0. The maximum Gasteiger partial charge on any atom is 0.165 e. The average molecular weight is 338 g/mol. The molecule has 0 fully saturated rings. The minimum absolute atomic E-state index is 0.00156. The number of Topliss-reactive ketones (excluding diaryl/α,β-unsaturated/α-hetero) is 1. The molecule has 1 aromatic carbocycles. The molecule has 0 spiro atoms. The number of ketones is 1. The van der Waals surface area contributed by atoms with Gasteiger partial charge in [0, 0.05) is 23.8 Å². The zero-order valence-corrected chi connectivity index (χ0v) is 14.5. The number of fused-ring (bicyclic) bond motifs is 1. The molecule has 0 aliphatic carbocycles. The van der Waals surface area contributed by atoms with Crippen molar-refractivity contribution < 1.29 is 9.53 Å². The van der Waals surface area contributed by atoms with Crippen LogP contribution >= 0.6 is 23.4 Å². The van der Waals surface area contributed by atoms with Crippen molar-refractivity contribution in [1.29, 1.82) is 0 Å². The molecular weight excluding hydrogens is 318 g/mol. The van der Waals surface area contributed by atoms with Gasteiger partial charge in [-0.05, 0) is 18.2 Å². The van der Waals surface area contributed by atoms with Gasteiger partial charge >= 0.3 is 0 Å². The lowest BCUT2D eigenvalue weighted by atomic mass is 10.1. The van der Waals surface area contributed by atoms with Gasteiger partial charge in [-0.1, -0.05) is 37.6 Å². The highest BCUT2D eigenvalue weighted by Crippen LogP contribution is 2.31. The number of rotatable bonds is 8. The van der Waals surface area contributed by atoms with E-state index in [9.17, 15) is 4.79 Å². The fourth-order valence-corrected chi connectivity index (χ4v) is 3.12. The molecule has 0 aliphatic rings. The van der Waals surface area contributed by atoms with Gasteiger partial charge in [-0.3, -0.25) is 9.78 Å². The monoisotopic (exact) mass is 337 g/mol. The second-order valence-electron chi connectivity index (χ2n) is 4.88. The van der Waals surface area contributed by atoms with E-state index < -0.39 is 0 Å². The molecule has 0 N–H and O–H groups in total. The van der Waals surface area contributed by atoms with E-state index in [4.69, 9.17) is 16.3 Å². The van der Waals surface area contributed by atoms with Crippen LogP contribution in [0.3, 0.4) is 0 Å². The molecule has 2 rings (SSSR count). The molecule has 0 atom stereocenters. The summed E-state index contributed by atoms with van der Waals surface area (Å²) in [6.07, 6.45) is 3.14. The quantitative estimate of drug-likeness (QED) is 0.501. The van der Waals surface area contributed by atoms with E-state index in [-0.39, 0.29) is 5.78 Å². The summed E-state index contributed by atoms with van der Waals surface area (Å²) >= 11 is 8.24. The van der Waals surface area contributed by atoms with Crippen molar-refractivity contribution in [2.75, 3.05) is 18.1 Å². The average Bonchev–Trinajstić information content (AvgIpc) is 2.54. The fraction of sp³-hybridized carbons (Fsp3) is 0.412. The Morgan fingerprint density at radius 1 is 1.32 bits per heavy atom. The Kier molecular flexibility index (Phi) is 6.52. The van der Waals surface area contributed by atoms with Gasteiger partial charge in [0.1, 0.15) is 11.3 Å². The van der Waals surface area contributed by atoms with Crippen LogP contribution in [0.25, 0.3) is 10.9 Å². The van der Waals surface area contributed by atoms with Crippen molar-refractivity contribution in [3.8, 4) is 5.75 Å². The molecule has 1 heterocycles. The van der Waals surface area contributed by atoms with Gasteiger partial charge in [0.2, 0.25) is 0 Å². The molecule has 2 aromatic rings. The summed E-state index contributed by atoms with van der Waals surface area (Å²) in [6, 6.07) is 5.64. The number of thioether (sulfide) groups is 1. The second-order valence-corrected chi connectivity index (χ2v) is 6.48. The second kappa shape index (κ2) is 8.39. The number of benzene rings is 1. The molecule has 0 radical (unpaired) electrons. The Morgan fingerprint density at radius 2 is 2.14 bits per heavy atom. The summed E-state index contributed by atoms with van der Waals surface area (Å²) in [6.45, 7) is 4.62. The summed E-state index contributed by atoms with van der Waals surface area (Å²) in [5.74, 6) is 2.81. The first-order chi connectivity index (χ1) is 10.7. The van der Waals surface area contributed by atoms with Gasteiger partial charge in [-0.15, -0.1) is 0 Å². The molecule has 0 amide bonds. The van der Waals surface area contributed by atoms with Crippen molar-refractivity contribution in [3.63, 3.8) is 0 Å². The number of carbonyl (C=O) groups excluding carboxylic acids is 1. The molecule has 0 bridgehead atoms. The maximum atomic E-state index is 11.9. The Labute approximate surface area is 140 Å². The molecule has 0 aliphatic heterocycles. The Bertz CT molecular complexity index is 660. The number of hydrogen-bond donors (Lipinski definition) is 0. The van der Waals surface area contributed by atoms with Gasteiger partial charge in [-0.25, -0.2) is 0 Å². The lowest BCUT2D eigenvalue weighted by Gasteiger charge is -2.11. The number of ether oxygens (including phenoxy) is 1. The van der Waals surface area contributed by atoms with Crippen molar-refractivity contribution >= 4 is 40.0 Å². The molecule has 22 heavy (non-hydrogen) atoms. The first kappa shape index (κ1) is 17.1. The van der Waals surface area contributed by atoms with Crippen LogP contribution in [0, 0.1) is 0 Å². The van der Waals surface area contributed by atoms with E-state index in [0.717, 1.165) is 16.9 Å². The third-order valence-electron chi connectivity index (χ3n) is 3.25. The molecule has 5 heteroatoms. The zero-order chi connectivity index (χ0) is 15.9. The van der Waals surface area contributed by atoms with Crippen molar-refractivity contribution in [3.05, 3.63) is 35.0 Å². The van der Waals surface area contributed by atoms with Crippen molar-refractivity contribution in [2.45, 2.75) is 26.7 Å². The predicted molar refractivity (Wildman–Crippen MR) is 94.5 cm³/mol. The van der Waals surface area contributed by atoms with Crippen LogP contribution in [0.5, 0.6) is 5.75 Å². The van der Waals surface area contributed by atoms with E-state index in [1.54, 1.807) is 6.20 Å². The van der Waals surface area contributed by atoms with Crippen molar-refractivity contribution in [1.82, 2.24) is 4.98 Å². The van der Waals surface area contributed by atoms with Crippen LogP contribution in [-0.4, -0.2) is 28.9 Å². The molecule has 0 unspecified atom stereocenters. The fourth-order valence-electron chi connectivity index (χ4n) is 2.12. The normalized spacial score (nSPS) is 10.9. The van der Waals surface area contributed by atoms with Crippen LogP contribution in [0.4, 0.5) is 0 Å². The van der Waals surface area contributed by atoms with E-state index in [1.807, 2.05) is 36.9 Å². The highest BCUT2D eigenvalue weighted by Gasteiger charge is 2.14. The lowest BCUT2D eigenvalue weighted by Crippen LogP contribution is -2.03. The van der Waals surface area contributed by atoms with Crippen LogP contribution in [0.15, 0.2) is 24.4 Å². The third kappa shape index (κ3) is 3.93. The van der Waals surface area contributed by atoms with Crippen LogP contribution in [0.2, 0.25) is 5.02 Å². The molecule has 3 nitrogen and oxygen atoms in total. The largest absolute Gasteiger partial charge is 0.490 e. The third-order valence-corrected chi connectivity index (χ3v) is 4.81. The van der Waals surface area contributed by atoms with Crippen LogP contribution in [0.1, 0.15) is 37.0 Å². The molecule has 0 saturated carbocycles. The smallest absolute Gasteiger partial charge is 0.165 e. The van der Waals surface area contributed by atoms with Gasteiger partial charge in [0.05, 0.1) is 17.2 Å². The minimum Gasteiger partial charge on any atom is -0.490 e. The van der Waals surface area contributed by atoms with Gasteiger partial charge in [0.25, 0.3) is 0 Å². The number of hydrogen-bond acceptors (Lipinski definition) is 4. The Balaban J connectivity index is 2.22. The van der Waals surface area contributed by atoms with E-state index in [0.29, 0.717) is 34.9 Å². The Morgan fingerprint density at radius 3 is 2.86 bits per heavy atom. The topological polar surface area (TPSA) is 39.2 Å². The SMILES string of the molecule is CCCSCCOc1cccc2c(Cl)c(C(=O)CC)cnc12. The standard InChI is InChI=1S/C17H20ClNO2S/c1-3-9-22-10-8-21-15-7-5-6-12-16(18)13(14(20)4-2)11-19-17(12)15/h5-7,11H,3-4,8-10H2,1-2H3. The highest BCUT2D eigenvalue weighted by atomic mass is 35.5. The van der Waals surface area contributed by atoms with Gasteiger partial charge in [0.15, 0.2) is 5.78 Å².